The molecule has 0 radical (unpaired) electrons. The smallest absolute Gasteiger partial charge is 0.251 e. The third-order valence-electron chi connectivity index (χ3n) is 7.93. The van der Waals surface area contributed by atoms with Crippen LogP contribution in [-0.2, 0) is 5.41 Å². The SMILES string of the molecule is CCCCN(CCCC)C(O)=C1C=C(n2nc(C(C)(C)C)c(N=Nc3nncs3)c2N)CC(=C(O)N(CCCC)CCCC)C1. The van der Waals surface area contributed by atoms with Crippen LogP contribution in [0.5, 0.6) is 0 Å². The molecule has 3 rings (SSSR count). The summed E-state index contributed by atoms with van der Waals surface area (Å²) in [6, 6.07) is 0. The van der Waals surface area contributed by atoms with E-state index in [9.17, 15) is 10.2 Å². The molecular weight excluding hydrogens is 586 g/mol. The Labute approximate surface area is 273 Å². The quantitative estimate of drug-likeness (QED) is 0.115. The zero-order valence-electron chi connectivity index (χ0n) is 28.5. The summed E-state index contributed by atoms with van der Waals surface area (Å²) in [5, 5.41) is 45.5. The van der Waals surface area contributed by atoms with Gasteiger partial charge in [0.15, 0.2) is 23.3 Å². The summed E-state index contributed by atoms with van der Waals surface area (Å²) in [6.45, 7) is 17.9. The lowest BCUT2D eigenvalue weighted by Crippen LogP contribution is -2.29. The molecule has 0 saturated heterocycles. The van der Waals surface area contributed by atoms with Gasteiger partial charge in [0, 0.05) is 61.3 Å². The lowest BCUT2D eigenvalue weighted by molar-refractivity contribution is 0.186. The number of anilines is 1. The van der Waals surface area contributed by atoms with E-state index in [2.05, 4.69) is 78.7 Å². The van der Waals surface area contributed by atoms with Crippen molar-refractivity contribution in [3.8, 4) is 0 Å². The van der Waals surface area contributed by atoms with Gasteiger partial charge in [-0.1, -0.05) is 85.5 Å². The van der Waals surface area contributed by atoms with Crippen LogP contribution in [-0.4, -0.2) is 66.2 Å². The monoisotopic (exact) mass is 641 g/mol. The van der Waals surface area contributed by atoms with Gasteiger partial charge in [-0.05, 0) is 31.8 Å². The Hall–Kier alpha value is -3.41. The van der Waals surface area contributed by atoms with E-state index in [-0.39, 0.29) is 11.3 Å². The van der Waals surface area contributed by atoms with Gasteiger partial charge in [-0.3, -0.25) is 0 Å². The molecule has 0 spiro atoms. The Morgan fingerprint density at radius 1 is 0.889 bits per heavy atom. The molecule has 250 valence electrons. The summed E-state index contributed by atoms with van der Waals surface area (Å²) >= 11 is 1.29. The molecule has 0 aliphatic heterocycles. The van der Waals surface area contributed by atoms with Crippen LogP contribution in [0, 0.1) is 0 Å². The Balaban J connectivity index is 2.21. The molecule has 0 fully saturated rings. The summed E-state index contributed by atoms with van der Waals surface area (Å²) in [6.07, 6.45) is 11.0. The van der Waals surface area contributed by atoms with E-state index in [4.69, 9.17) is 10.8 Å². The van der Waals surface area contributed by atoms with E-state index in [1.807, 2.05) is 6.08 Å². The molecule has 4 N–H and O–H groups in total. The predicted molar refractivity (Wildman–Crippen MR) is 185 cm³/mol. The maximum Gasteiger partial charge on any atom is 0.251 e. The number of aliphatic hydroxyl groups excluding tert-OH is 2. The second-order valence-corrected chi connectivity index (χ2v) is 13.6. The minimum absolute atomic E-state index is 0.256. The van der Waals surface area contributed by atoms with Gasteiger partial charge < -0.3 is 25.7 Å². The van der Waals surface area contributed by atoms with Gasteiger partial charge in [-0.25, -0.2) is 4.68 Å². The summed E-state index contributed by atoms with van der Waals surface area (Å²) in [5.74, 6) is 0.895. The highest BCUT2D eigenvalue weighted by molar-refractivity contribution is 7.13. The van der Waals surface area contributed by atoms with Gasteiger partial charge in [-0.15, -0.1) is 20.4 Å². The average molecular weight is 642 g/mol. The predicted octanol–water partition coefficient (Wildman–Crippen LogP) is 9.01. The molecule has 2 aromatic rings. The van der Waals surface area contributed by atoms with Crippen molar-refractivity contribution < 1.29 is 10.2 Å². The Kier molecular flexibility index (Phi) is 13.9. The van der Waals surface area contributed by atoms with E-state index < -0.39 is 0 Å². The average Bonchev–Trinajstić information content (AvgIpc) is 3.67. The molecule has 1 aliphatic rings. The van der Waals surface area contributed by atoms with Crippen LogP contribution in [0.2, 0.25) is 0 Å². The molecule has 0 aromatic carbocycles. The summed E-state index contributed by atoms with van der Waals surface area (Å²) in [5.41, 5.74) is 11.6. The van der Waals surface area contributed by atoms with Gasteiger partial charge in [0.05, 0.1) is 5.69 Å². The number of nitrogen functional groups attached to an aromatic ring is 1. The van der Waals surface area contributed by atoms with Crippen molar-refractivity contribution in [3.05, 3.63) is 40.2 Å². The zero-order valence-corrected chi connectivity index (χ0v) is 29.3. The number of aliphatic hydroxyl groups is 2. The molecule has 0 bridgehead atoms. The minimum atomic E-state index is -0.375. The molecule has 11 nitrogen and oxygen atoms in total. The fourth-order valence-corrected chi connectivity index (χ4v) is 5.64. The molecule has 2 heterocycles. The van der Waals surface area contributed by atoms with Crippen LogP contribution in [0.1, 0.15) is 118 Å². The highest BCUT2D eigenvalue weighted by Crippen LogP contribution is 2.41. The van der Waals surface area contributed by atoms with Crippen molar-refractivity contribution >= 4 is 33.7 Å². The van der Waals surface area contributed by atoms with Gasteiger partial charge in [0.25, 0.3) is 5.13 Å². The van der Waals surface area contributed by atoms with Crippen molar-refractivity contribution in [1.82, 2.24) is 29.8 Å². The van der Waals surface area contributed by atoms with Crippen LogP contribution in [0.15, 0.2) is 44.7 Å². The van der Waals surface area contributed by atoms with Gasteiger partial charge in [-0.2, -0.15) is 5.10 Å². The number of nitrogens with two attached hydrogens (primary N) is 1. The van der Waals surface area contributed by atoms with E-state index in [1.165, 1.54) is 11.3 Å². The number of aromatic nitrogens is 4. The fraction of sp³-hybridized carbons (Fsp3) is 0.667. The largest absolute Gasteiger partial charge is 0.495 e. The lowest BCUT2D eigenvalue weighted by Gasteiger charge is -2.30. The Morgan fingerprint density at radius 2 is 1.44 bits per heavy atom. The van der Waals surface area contributed by atoms with Crippen LogP contribution < -0.4 is 5.73 Å². The number of rotatable bonds is 17. The van der Waals surface area contributed by atoms with Crippen molar-refractivity contribution in [3.63, 3.8) is 0 Å². The number of hydrogen-bond acceptors (Lipinski definition) is 11. The fourth-order valence-electron chi connectivity index (χ4n) is 5.27. The van der Waals surface area contributed by atoms with Crippen molar-refractivity contribution in [2.45, 2.75) is 118 Å². The number of hydrogen-bond donors (Lipinski definition) is 3. The maximum absolute atomic E-state index is 11.8. The van der Waals surface area contributed by atoms with Crippen LogP contribution in [0.3, 0.4) is 0 Å². The van der Waals surface area contributed by atoms with E-state index in [0.29, 0.717) is 41.1 Å². The topological polar surface area (TPSA) is 141 Å². The minimum Gasteiger partial charge on any atom is -0.495 e. The molecule has 45 heavy (non-hydrogen) atoms. The first-order valence-corrected chi connectivity index (χ1v) is 17.5. The third-order valence-corrected chi connectivity index (χ3v) is 8.50. The summed E-state index contributed by atoms with van der Waals surface area (Å²) in [4.78, 5) is 4.18. The van der Waals surface area contributed by atoms with Crippen molar-refractivity contribution in [1.29, 1.82) is 0 Å². The Bertz CT molecular complexity index is 1320. The molecule has 2 aromatic heterocycles. The van der Waals surface area contributed by atoms with Gasteiger partial charge >= 0.3 is 0 Å². The van der Waals surface area contributed by atoms with Crippen LogP contribution >= 0.6 is 11.3 Å². The third kappa shape index (κ3) is 9.79. The second-order valence-electron chi connectivity index (χ2n) is 12.8. The van der Waals surface area contributed by atoms with Crippen molar-refractivity contribution in [2.24, 2.45) is 10.2 Å². The molecule has 0 saturated carbocycles. The van der Waals surface area contributed by atoms with Gasteiger partial charge in [0.1, 0.15) is 5.51 Å². The molecule has 12 heteroatoms. The summed E-state index contributed by atoms with van der Waals surface area (Å²) in [7, 11) is 0. The second kappa shape index (κ2) is 17.3. The molecule has 0 unspecified atom stereocenters. The first kappa shape index (κ1) is 36.1. The molecule has 1 aliphatic carbocycles. The zero-order chi connectivity index (χ0) is 33.0. The maximum atomic E-state index is 11.8. The highest BCUT2D eigenvalue weighted by atomic mass is 32.1. The lowest BCUT2D eigenvalue weighted by atomic mass is 9.91. The van der Waals surface area contributed by atoms with Crippen LogP contribution in [0.25, 0.3) is 5.70 Å². The Morgan fingerprint density at radius 3 is 1.93 bits per heavy atom. The van der Waals surface area contributed by atoms with Crippen LogP contribution in [0.4, 0.5) is 16.6 Å². The van der Waals surface area contributed by atoms with E-state index >= 15 is 0 Å². The summed E-state index contributed by atoms with van der Waals surface area (Å²) < 4.78 is 1.71. The molecule has 0 amide bonds. The first-order valence-electron chi connectivity index (χ1n) is 16.7. The van der Waals surface area contributed by atoms with E-state index in [1.54, 1.807) is 10.2 Å². The number of nitrogens with zero attached hydrogens (tertiary/aromatic N) is 8. The first-order chi connectivity index (χ1) is 21.5. The number of unbranched alkanes of at least 4 members (excludes halogenated alkanes) is 4. The number of azo groups is 1. The molecular formula is C33H55N9O2S. The molecule has 0 atom stereocenters. The normalized spacial score (nSPS) is 16.3. The van der Waals surface area contributed by atoms with Gasteiger partial charge in [0.2, 0.25) is 0 Å². The van der Waals surface area contributed by atoms with Crippen molar-refractivity contribution in [2.75, 3.05) is 31.9 Å². The standard InChI is InChI=1S/C33H55N9O2S/c1-8-12-16-40(17-13-9-2)30(43)24-20-25(31(44)41(18-14-10-3)19-15-11-4)22-26(21-24)42-29(34)27(28(39-42)33(5,6)7)36-38-32-37-35-23-45-32/h21,23,43-44H,8-20,22,34H2,1-7H3. The highest BCUT2D eigenvalue weighted by Gasteiger charge is 2.30. The van der Waals surface area contributed by atoms with E-state index in [0.717, 1.165) is 94.4 Å². The number of allylic oxidation sites excluding steroid dienone is 4.